The topological polar surface area (TPSA) is 66.5 Å². The number of carbonyl (C=O) groups is 1. The number of carbonyl (C=O) groups excluding carboxylic acids is 1. The molecule has 0 unspecified atom stereocenters. The van der Waals surface area contributed by atoms with Crippen molar-refractivity contribution in [3.05, 3.63) is 92.4 Å². The number of benzene rings is 3. The molecule has 0 saturated carbocycles. The van der Waals surface area contributed by atoms with Gasteiger partial charge in [0.1, 0.15) is 0 Å². The molecule has 0 aliphatic rings. The molecule has 0 aromatic heterocycles. The number of hydrogen-bond donors (Lipinski definition) is 1. The Kier molecular flexibility index (Phi) is 9.56. The molecule has 3 aromatic carbocycles. The highest BCUT2D eigenvalue weighted by atomic mass is 79.9. The standard InChI is InChI=1S/C25H25BrCl2N2O3S/c1-2-3-4-18-5-10-21(11-6-18)29-25(31)17-30(16-19-7-14-23(27)24(28)15-19)34(32,33)22-12-8-20(26)9-13-22/h5-15H,2-4,16-17H2,1H3,(H,29,31). The maximum atomic E-state index is 13.4. The first-order chi connectivity index (χ1) is 16.2. The van der Waals surface area contributed by atoms with Crippen LogP contribution in [0.15, 0.2) is 76.1 Å². The van der Waals surface area contributed by atoms with Crippen molar-refractivity contribution in [2.75, 3.05) is 11.9 Å². The van der Waals surface area contributed by atoms with Gasteiger partial charge in [0.2, 0.25) is 15.9 Å². The summed E-state index contributed by atoms with van der Waals surface area (Å²) in [7, 11) is -3.97. The Morgan fingerprint density at radius 3 is 2.21 bits per heavy atom. The number of rotatable bonds is 10. The van der Waals surface area contributed by atoms with Crippen molar-refractivity contribution in [3.8, 4) is 0 Å². The highest BCUT2D eigenvalue weighted by molar-refractivity contribution is 9.10. The molecule has 0 bridgehead atoms. The van der Waals surface area contributed by atoms with Crippen molar-refractivity contribution >= 4 is 60.7 Å². The molecule has 0 atom stereocenters. The highest BCUT2D eigenvalue weighted by Gasteiger charge is 2.27. The molecule has 1 amide bonds. The molecule has 0 radical (unpaired) electrons. The zero-order chi connectivity index (χ0) is 24.7. The first kappa shape index (κ1) is 26.7. The Hall–Kier alpha value is -1.90. The fraction of sp³-hybridized carbons (Fsp3) is 0.240. The molecule has 9 heteroatoms. The third kappa shape index (κ3) is 7.30. The van der Waals surface area contributed by atoms with Crippen LogP contribution in [-0.4, -0.2) is 25.2 Å². The minimum absolute atomic E-state index is 0.0430. The lowest BCUT2D eigenvalue weighted by Gasteiger charge is -2.22. The number of nitrogens with one attached hydrogen (secondary N) is 1. The van der Waals surface area contributed by atoms with Gasteiger partial charge < -0.3 is 5.32 Å². The monoisotopic (exact) mass is 582 g/mol. The van der Waals surface area contributed by atoms with Crippen LogP contribution in [0.2, 0.25) is 10.0 Å². The summed E-state index contributed by atoms with van der Waals surface area (Å²) in [6.07, 6.45) is 3.19. The van der Waals surface area contributed by atoms with Gasteiger partial charge in [0.25, 0.3) is 0 Å². The molecule has 0 saturated heterocycles. The number of halogens is 3. The van der Waals surface area contributed by atoms with E-state index in [0.29, 0.717) is 21.3 Å². The van der Waals surface area contributed by atoms with Gasteiger partial charge in [-0.15, -0.1) is 0 Å². The van der Waals surface area contributed by atoms with Crippen LogP contribution >= 0.6 is 39.1 Å². The number of anilines is 1. The van der Waals surface area contributed by atoms with Crippen LogP contribution in [0.1, 0.15) is 30.9 Å². The van der Waals surface area contributed by atoms with Crippen molar-refractivity contribution < 1.29 is 13.2 Å². The van der Waals surface area contributed by atoms with Gasteiger partial charge >= 0.3 is 0 Å². The van der Waals surface area contributed by atoms with Crippen LogP contribution < -0.4 is 5.32 Å². The first-order valence-corrected chi connectivity index (χ1v) is 13.8. The van der Waals surface area contributed by atoms with Crippen molar-refractivity contribution in [2.45, 2.75) is 37.6 Å². The van der Waals surface area contributed by atoms with Crippen LogP contribution in [0, 0.1) is 0 Å². The van der Waals surface area contributed by atoms with Gasteiger partial charge in [-0.2, -0.15) is 4.31 Å². The Labute approximate surface area is 219 Å². The number of hydrogen-bond acceptors (Lipinski definition) is 3. The van der Waals surface area contributed by atoms with E-state index in [1.165, 1.54) is 17.7 Å². The Balaban J connectivity index is 1.81. The van der Waals surface area contributed by atoms with Crippen LogP contribution in [0.25, 0.3) is 0 Å². The fourth-order valence-corrected chi connectivity index (χ4v) is 5.29. The van der Waals surface area contributed by atoms with Crippen molar-refractivity contribution in [2.24, 2.45) is 0 Å². The molecule has 34 heavy (non-hydrogen) atoms. The summed E-state index contributed by atoms with van der Waals surface area (Å²) >= 11 is 15.4. The predicted octanol–water partition coefficient (Wildman–Crippen LogP) is 6.93. The molecule has 180 valence electrons. The average Bonchev–Trinajstić information content (AvgIpc) is 2.81. The molecule has 0 aliphatic heterocycles. The SMILES string of the molecule is CCCCc1ccc(NC(=O)CN(Cc2ccc(Cl)c(Cl)c2)S(=O)(=O)c2ccc(Br)cc2)cc1. The summed E-state index contributed by atoms with van der Waals surface area (Å²) in [4.78, 5) is 12.9. The van der Waals surface area contributed by atoms with Gasteiger partial charge in [0, 0.05) is 16.7 Å². The molecule has 0 heterocycles. The summed E-state index contributed by atoms with van der Waals surface area (Å²) in [5, 5.41) is 3.48. The summed E-state index contributed by atoms with van der Waals surface area (Å²) in [6, 6.07) is 18.8. The van der Waals surface area contributed by atoms with E-state index in [1.807, 2.05) is 24.3 Å². The Bertz CT molecular complexity index is 1230. The van der Waals surface area contributed by atoms with Crippen molar-refractivity contribution in [1.29, 1.82) is 0 Å². The van der Waals surface area contributed by atoms with E-state index in [0.717, 1.165) is 28.0 Å². The van der Waals surface area contributed by atoms with Crippen molar-refractivity contribution in [1.82, 2.24) is 4.31 Å². The fourth-order valence-electron chi connectivity index (χ4n) is 3.32. The molecular formula is C25H25BrCl2N2O3S. The number of sulfonamides is 1. The zero-order valence-electron chi connectivity index (χ0n) is 18.6. The number of nitrogens with zero attached hydrogens (tertiary/aromatic N) is 1. The molecule has 5 nitrogen and oxygen atoms in total. The Morgan fingerprint density at radius 2 is 1.59 bits per heavy atom. The van der Waals surface area contributed by atoms with Gasteiger partial charge in [-0.3, -0.25) is 4.79 Å². The molecule has 3 rings (SSSR count). The molecule has 0 spiro atoms. The summed E-state index contributed by atoms with van der Waals surface area (Å²) < 4.78 is 28.7. The number of aryl methyl sites for hydroxylation is 1. The smallest absolute Gasteiger partial charge is 0.243 e. The van der Waals surface area contributed by atoms with Crippen LogP contribution in [0.4, 0.5) is 5.69 Å². The second-order valence-electron chi connectivity index (χ2n) is 7.82. The van der Waals surface area contributed by atoms with Gasteiger partial charge in [-0.05, 0) is 72.5 Å². The lowest BCUT2D eigenvalue weighted by atomic mass is 10.1. The van der Waals surface area contributed by atoms with E-state index in [9.17, 15) is 13.2 Å². The van der Waals surface area contributed by atoms with Gasteiger partial charge in [-0.1, -0.05) is 70.7 Å². The van der Waals surface area contributed by atoms with E-state index < -0.39 is 15.9 Å². The third-order valence-electron chi connectivity index (χ3n) is 5.17. The predicted molar refractivity (Wildman–Crippen MR) is 142 cm³/mol. The summed E-state index contributed by atoms with van der Waals surface area (Å²) in [5.41, 5.74) is 2.42. The average molecular weight is 584 g/mol. The van der Waals surface area contributed by atoms with Gasteiger partial charge in [0.15, 0.2) is 0 Å². The van der Waals surface area contributed by atoms with E-state index >= 15 is 0 Å². The number of unbranched alkanes of at least 4 members (excludes halogenated alkanes) is 1. The summed E-state index contributed by atoms with van der Waals surface area (Å²) in [6.45, 7) is 1.73. The molecule has 0 aliphatic carbocycles. The maximum Gasteiger partial charge on any atom is 0.243 e. The molecule has 3 aromatic rings. The maximum absolute atomic E-state index is 13.4. The third-order valence-corrected chi connectivity index (χ3v) is 8.24. The van der Waals surface area contributed by atoms with Gasteiger partial charge in [-0.25, -0.2) is 8.42 Å². The first-order valence-electron chi connectivity index (χ1n) is 10.8. The lowest BCUT2D eigenvalue weighted by Crippen LogP contribution is -2.37. The second kappa shape index (κ2) is 12.2. The van der Waals surface area contributed by atoms with E-state index in [1.54, 1.807) is 30.3 Å². The minimum atomic E-state index is -3.97. The molecule has 0 fully saturated rings. The second-order valence-corrected chi connectivity index (χ2v) is 11.5. The number of amides is 1. The quantitative estimate of drug-likeness (QED) is 0.281. The zero-order valence-corrected chi connectivity index (χ0v) is 22.5. The van der Waals surface area contributed by atoms with Crippen LogP contribution in [-0.2, 0) is 27.8 Å². The van der Waals surface area contributed by atoms with E-state index in [-0.39, 0.29) is 18.0 Å². The highest BCUT2D eigenvalue weighted by Crippen LogP contribution is 2.26. The normalized spacial score (nSPS) is 11.6. The summed E-state index contributed by atoms with van der Waals surface area (Å²) in [5.74, 6) is -0.443. The largest absolute Gasteiger partial charge is 0.325 e. The molecule has 1 N–H and O–H groups in total. The lowest BCUT2D eigenvalue weighted by molar-refractivity contribution is -0.116. The Morgan fingerprint density at radius 1 is 0.941 bits per heavy atom. The van der Waals surface area contributed by atoms with Crippen LogP contribution in [0.5, 0.6) is 0 Å². The van der Waals surface area contributed by atoms with Crippen molar-refractivity contribution in [3.63, 3.8) is 0 Å². The minimum Gasteiger partial charge on any atom is -0.325 e. The van der Waals surface area contributed by atoms with Gasteiger partial charge in [0.05, 0.1) is 21.5 Å². The van der Waals surface area contributed by atoms with E-state index in [4.69, 9.17) is 23.2 Å². The van der Waals surface area contributed by atoms with Crippen LogP contribution in [0.3, 0.4) is 0 Å². The van der Waals surface area contributed by atoms with E-state index in [2.05, 4.69) is 28.2 Å². The molecular weight excluding hydrogens is 559 g/mol.